The van der Waals surface area contributed by atoms with Gasteiger partial charge in [0.2, 0.25) is 0 Å². The van der Waals surface area contributed by atoms with E-state index in [2.05, 4.69) is 27.2 Å². The van der Waals surface area contributed by atoms with Gasteiger partial charge in [0, 0.05) is 36.9 Å². The van der Waals surface area contributed by atoms with Crippen molar-refractivity contribution in [3.8, 4) is 0 Å². The van der Waals surface area contributed by atoms with Gasteiger partial charge in [-0.2, -0.15) is 0 Å². The van der Waals surface area contributed by atoms with E-state index in [0.29, 0.717) is 10.1 Å². The van der Waals surface area contributed by atoms with Crippen molar-refractivity contribution in [2.75, 3.05) is 36.4 Å². The highest BCUT2D eigenvalue weighted by molar-refractivity contribution is 7.80. The summed E-state index contributed by atoms with van der Waals surface area (Å²) in [5, 5.41) is 5.39. The highest BCUT2D eigenvalue weighted by Crippen LogP contribution is 2.22. The van der Waals surface area contributed by atoms with Gasteiger partial charge in [-0.25, -0.2) is 0 Å². The molecule has 23 heavy (non-hydrogen) atoms. The number of nitrogens with zero attached hydrogens (tertiary/aromatic N) is 2. The molecule has 2 aromatic rings. The van der Waals surface area contributed by atoms with Gasteiger partial charge in [0.1, 0.15) is 0 Å². The maximum absolute atomic E-state index is 6.16. The Labute approximate surface area is 151 Å². The molecule has 0 bridgehead atoms. The number of hydrogen-bond donors (Lipinski definition) is 1. The number of thiocarbonyl (C=S) groups is 1. The molecule has 1 N–H and O–H groups in total. The zero-order valence-corrected chi connectivity index (χ0v) is 14.8. The number of anilines is 2. The topological polar surface area (TPSA) is 18.5 Å². The van der Waals surface area contributed by atoms with Crippen LogP contribution >= 0.6 is 35.4 Å². The number of halogens is 2. The molecule has 1 fully saturated rings. The van der Waals surface area contributed by atoms with Crippen LogP contribution in [0.3, 0.4) is 0 Å². The SMILES string of the molecule is S=C(Nc1ccccc1Cl)N1CCN(c2ccc(Cl)cc2)CC1. The molecule has 3 rings (SSSR count). The summed E-state index contributed by atoms with van der Waals surface area (Å²) in [6, 6.07) is 15.6. The number of para-hydroxylation sites is 1. The summed E-state index contributed by atoms with van der Waals surface area (Å²) >= 11 is 17.6. The molecule has 0 aliphatic carbocycles. The average Bonchev–Trinajstić information content (AvgIpc) is 2.58. The van der Waals surface area contributed by atoms with E-state index in [9.17, 15) is 0 Å². The molecule has 0 unspecified atom stereocenters. The second-order valence-corrected chi connectivity index (χ2v) is 6.59. The zero-order chi connectivity index (χ0) is 16.2. The minimum absolute atomic E-state index is 0.676. The molecule has 120 valence electrons. The van der Waals surface area contributed by atoms with Gasteiger partial charge in [-0.15, -0.1) is 0 Å². The molecule has 0 amide bonds. The smallest absolute Gasteiger partial charge is 0.173 e. The molecule has 2 aromatic carbocycles. The number of nitrogens with one attached hydrogen (secondary N) is 1. The summed E-state index contributed by atoms with van der Waals surface area (Å²) in [5.74, 6) is 0. The van der Waals surface area contributed by atoms with Crippen molar-refractivity contribution in [1.29, 1.82) is 0 Å². The fourth-order valence-electron chi connectivity index (χ4n) is 2.58. The van der Waals surface area contributed by atoms with E-state index in [0.717, 1.165) is 36.9 Å². The molecule has 1 heterocycles. The van der Waals surface area contributed by atoms with Crippen LogP contribution in [0.5, 0.6) is 0 Å². The Kier molecular flexibility index (Phi) is 5.26. The van der Waals surface area contributed by atoms with Crippen molar-refractivity contribution < 1.29 is 0 Å². The Hall–Kier alpha value is -1.49. The standard InChI is InChI=1S/C17H17Cl2N3S/c18-13-5-7-14(8-6-13)21-9-11-22(12-10-21)17(23)20-16-4-2-1-3-15(16)19/h1-8H,9-12H2,(H,20,23). The van der Waals surface area contributed by atoms with Crippen LogP contribution in [0.25, 0.3) is 0 Å². The Balaban J connectivity index is 1.57. The largest absolute Gasteiger partial charge is 0.368 e. The predicted octanol–water partition coefficient (Wildman–Crippen LogP) is 4.51. The Morgan fingerprint density at radius 1 is 0.913 bits per heavy atom. The predicted molar refractivity (Wildman–Crippen MR) is 103 cm³/mol. The monoisotopic (exact) mass is 365 g/mol. The molecule has 6 heteroatoms. The Morgan fingerprint density at radius 2 is 1.57 bits per heavy atom. The van der Waals surface area contributed by atoms with Crippen molar-refractivity contribution in [2.24, 2.45) is 0 Å². The Bertz CT molecular complexity index is 682. The molecule has 1 aliphatic heterocycles. The van der Waals surface area contributed by atoms with Crippen LogP contribution in [0.15, 0.2) is 48.5 Å². The first-order valence-electron chi connectivity index (χ1n) is 7.44. The van der Waals surface area contributed by atoms with Gasteiger partial charge in [-0.1, -0.05) is 35.3 Å². The summed E-state index contributed by atoms with van der Waals surface area (Å²) in [7, 11) is 0. The van der Waals surface area contributed by atoms with E-state index in [1.165, 1.54) is 5.69 Å². The van der Waals surface area contributed by atoms with Crippen molar-refractivity contribution in [1.82, 2.24) is 4.90 Å². The average molecular weight is 366 g/mol. The fourth-order valence-corrected chi connectivity index (χ4v) is 3.18. The summed E-state index contributed by atoms with van der Waals surface area (Å²) in [6.45, 7) is 3.59. The molecule has 1 aliphatic rings. The third kappa shape index (κ3) is 4.08. The van der Waals surface area contributed by atoms with Crippen LogP contribution < -0.4 is 10.2 Å². The highest BCUT2D eigenvalue weighted by Gasteiger charge is 2.19. The van der Waals surface area contributed by atoms with Crippen molar-refractivity contribution in [2.45, 2.75) is 0 Å². The van der Waals surface area contributed by atoms with E-state index in [4.69, 9.17) is 35.4 Å². The lowest BCUT2D eigenvalue weighted by Crippen LogP contribution is -2.50. The van der Waals surface area contributed by atoms with Crippen molar-refractivity contribution in [3.05, 3.63) is 58.6 Å². The molecule has 0 saturated carbocycles. The van der Waals surface area contributed by atoms with Crippen LogP contribution in [-0.2, 0) is 0 Å². The van der Waals surface area contributed by atoms with Gasteiger partial charge in [-0.3, -0.25) is 0 Å². The molecule has 0 aromatic heterocycles. The van der Waals surface area contributed by atoms with Gasteiger partial charge in [0.15, 0.2) is 5.11 Å². The van der Waals surface area contributed by atoms with E-state index >= 15 is 0 Å². The summed E-state index contributed by atoms with van der Waals surface area (Å²) in [5.41, 5.74) is 2.04. The van der Waals surface area contributed by atoms with Crippen LogP contribution in [0, 0.1) is 0 Å². The summed E-state index contributed by atoms with van der Waals surface area (Å²) in [4.78, 5) is 4.51. The van der Waals surface area contributed by atoms with Crippen LogP contribution in [-0.4, -0.2) is 36.2 Å². The summed E-state index contributed by atoms with van der Waals surface area (Å²) < 4.78 is 0. The first kappa shape index (κ1) is 16.4. The van der Waals surface area contributed by atoms with Crippen LogP contribution in [0.4, 0.5) is 11.4 Å². The number of hydrogen-bond acceptors (Lipinski definition) is 2. The van der Waals surface area contributed by atoms with Gasteiger partial charge in [-0.05, 0) is 48.6 Å². The minimum atomic E-state index is 0.676. The van der Waals surface area contributed by atoms with Crippen molar-refractivity contribution >= 4 is 51.9 Å². The van der Waals surface area contributed by atoms with Gasteiger partial charge in [0.05, 0.1) is 10.7 Å². The number of rotatable bonds is 2. The van der Waals surface area contributed by atoms with E-state index < -0.39 is 0 Å². The van der Waals surface area contributed by atoms with Crippen molar-refractivity contribution in [3.63, 3.8) is 0 Å². The number of piperazine rings is 1. The first-order valence-corrected chi connectivity index (χ1v) is 8.61. The molecular weight excluding hydrogens is 349 g/mol. The zero-order valence-electron chi connectivity index (χ0n) is 12.5. The molecule has 0 atom stereocenters. The van der Waals surface area contributed by atoms with E-state index in [1.807, 2.05) is 36.4 Å². The highest BCUT2D eigenvalue weighted by atomic mass is 35.5. The number of benzene rings is 2. The molecule has 1 saturated heterocycles. The van der Waals surface area contributed by atoms with Crippen LogP contribution in [0.2, 0.25) is 10.0 Å². The quantitative estimate of drug-likeness (QED) is 0.788. The first-order chi connectivity index (χ1) is 11.1. The Morgan fingerprint density at radius 3 is 2.22 bits per heavy atom. The van der Waals surface area contributed by atoms with Gasteiger partial charge >= 0.3 is 0 Å². The third-order valence-electron chi connectivity index (χ3n) is 3.87. The van der Waals surface area contributed by atoms with Gasteiger partial charge < -0.3 is 15.1 Å². The minimum Gasteiger partial charge on any atom is -0.368 e. The molecular formula is C17H17Cl2N3S. The second kappa shape index (κ2) is 7.39. The fraction of sp³-hybridized carbons (Fsp3) is 0.235. The molecule has 0 radical (unpaired) electrons. The lowest BCUT2D eigenvalue weighted by atomic mass is 10.2. The normalized spacial score (nSPS) is 14.7. The van der Waals surface area contributed by atoms with Crippen LogP contribution in [0.1, 0.15) is 0 Å². The summed E-state index contributed by atoms with van der Waals surface area (Å²) in [6.07, 6.45) is 0. The second-order valence-electron chi connectivity index (χ2n) is 5.36. The van der Waals surface area contributed by atoms with Gasteiger partial charge in [0.25, 0.3) is 0 Å². The lowest BCUT2D eigenvalue weighted by molar-refractivity contribution is 0.391. The van der Waals surface area contributed by atoms with E-state index in [-0.39, 0.29) is 0 Å². The maximum Gasteiger partial charge on any atom is 0.173 e. The lowest BCUT2D eigenvalue weighted by Gasteiger charge is -2.37. The third-order valence-corrected chi connectivity index (χ3v) is 4.82. The molecule has 3 nitrogen and oxygen atoms in total. The maximum atomic E-state index is 6.16. The van der Waals surface area contributed by atoms with E-state index in [1.54, 1.807) is 0 Å². The molecule has 0 spiro atoms.